The maximum Gasteiger partial charge on any atom is 0.206 e. The Bertz CT molecular complexity index is 764. The minimum atomic E-state index is -1.63. The smallest absolute Gasteiger partial charge is 0.206 e. The van der Waals surface area contributed by atoms with Gasteiger partial charge in [-0.15, -0.1) is 0 Å². The van der Waals surface area contributed by atoms with Crippen LogP contribution < -0.4 is 5.43 Å². The highest BCUT2D eigenvalue weighted by Gasteiger charge is 2.24. The fourth-order valence-electron chi connectivity index (χ4n) is 1.89. The van der Waals surface area contributed by atoms with E-state index < -0.39 is 28.5 Å². The van der Waals surface area contributed by atoms with Crippen LogP contribution in [0.5, 0.6) is 0 Å². The maximum absolute atomic E-state index is 13.8. The van der Waals surface area contributed by atoms with E-state index in [9.17, 15) is 23.1 Å². The summed E-state index contributed by atoms with van der Waals surface area (Å²) in [5.41, 5.74) is -2.44. The quantitative estimate of drug-likeness (QED) is 0.865. The molecule has 0 spiro atoms. The van der Waals surface area contributed by atoms with Crippen molar-refractivity contribution < 1.29 is 18.3 Å². The molecule has 1 N–H and O–H groups in total. The Balaban J connectivity index is 2.76. The first-order valence-electron chi connectivity index (χ1n) is 6.10. The standard InChI is InChI=1S/C14H13F3N2O2/c1-7-6-10(20)13(14(2,3)21)18-19(7)9-5-4-8(15)11(16)12(9)17/h4-6,21H,1-3H3. The van der Waals surface area contributed by atoms with Gasteiger partial charge in [0.1, 0.15) is 17.0 Å². The van der Waals surface area contributed by atoms with Gasteiger partial charge in [0.2, 0.25) is 5.43 Å². The molecule has 0 saturated carbocycles. The van der Waals surface area contributed by atoms with E-state index >= 15 is 0 Å². The normalized spacial score (nSPS) is 11.8. The summed E-state index contributed by atoms with van der Waals surface area (Å²) in [6.45, 7) is 4.15. The number of hydrogen-bond acceptors (Lipinski definition) is 3. The first-order valence-corrected chi connectivity index (χ1v) is 6.10. The molecule has 0 atom stereocenters. The first-order chi connectivity index (χ1) is 9.62. The molecule has 21 heavy (non-hydrogen) atoms. The Morgan fingerprint density at radius 3 is 2.38 bits per heavy atom. The van der Waals surface area contributed by atoms with Crippen molar-refractivity contribution in [2.45, 2.75) is 26.4 Å². The van der Waals surface area contributed by atoms with Crippen molar-refractivity contribution in [3.63, 3.8) is 0 Å². The summed E-state index contributed by atoms with van der Waals surface area (Å²) in [5.74, 6) is -4.37. The molecule has 0 radical (unpaired) electrons. The minimum Gasteiger partial charge on any atom is -0.384 e. The van der Waals surface area contributed by atoms with Crippen LogP contribution in [0.1, 0.15) is 25.2 Å². The van der Waals surface area contributed by atoms with Crippen LogP contribution in [-0.2, 0) is 5.60 Å². The van der Waals surface area contributed by atoms with E-state index in [0.717, 1.165) is 22.9 Å². The zero-order chi connectivity index (χ0) is 15.9. The molecule has 0 amide bonds. The van der Waals surface area contributed by atoms with Crippen molar-refractivity contribution >= 4 is 0 Å². The highest BCUT2D eigenvalue weighted by atomic mass is 19.2. The number of aliphatic hydroxyl groups is 1. The van der Waals surface area contributed by atoms with Gasteiger partial charge in [-0.05, 0) is 32.9 Å². The number of benzene rings is 1. The van der Waals surface area contributed by atoms with Crippen molar-refractivity contribution in [3.8, 4) is 5.69 Å². The minimum absolute atomic E-state index is 0.220. The Labute approximate surface area is 118 Å². The molecule has 1 aromatic carbocycles. The Morgan fingerprint density at radius 1 is 1.19 bits per heavy atom. The van der Waals surface area contributed by atoms with E-state index in [0.29, 0.717) is 0 Å². The van der Waals surface area contributed by atoms with Gasteiger partial charge in [0.25, 0.3) is 0 Å². The maximum atomic E-state index is 13.8. The lowest BCUT2D eigenvalue weighted by Crippen LogP contribution is -2.30. The van der Waals surface area contributed by atoms with Crippen LogP contribution >= 0.6 is 0 Å². The van der Waals surface area contributed by atoms with E-state index in [1.165, 1.54) is 20.8 Å². The van der Waals surface area contributed by atoms with Crippen molar-refractivity contribution in [3.05, 3.63) is 57.3 Å². The average Bonchev–Trinajstić information content (AvgIpc) is 2.36. The highest BCUT2D eigenvalue weighted by molar-refractivity contribution is 5.36. The summed E-state index contributed by atoms with van der Waals surface area (Å²) in [6.07, 6.45) is 0. The lowest BCUT2D eigenvalue weighted by molar-refractivity contribution is 0.0709. The SMILES string of the molecule is Cc1cc(=O)c(C(C)(C)O)nn1-c1ccc(F)c(F)c1F. The second kappa shape index (κ2) is 5.00. The second-order valence-electron chi connectivity index (χ2n) is 5.16. The Hall–Kier alpha value is -2.15. The molecule has 0 bridgehead atoms. The van der Waals surface area contributed by atoms with Crippen LogP contribution in [0.3, 0.4) is 0 Å². The second-order valence-corrected chi connectivity index (χ2v) is 5.16. The monoisotopic (exact) mass is 298 g/mol. The summed E-state index contributed by atoms with van der Waals surface area (Å²) in [5, 5.41) is 13.8. The molecule has 0 aliphatic carbocycles. The molecule has 0 saturated heterocycles. The number of rotatable bonds is 2. The Kier molecular flexibility index (Phi) is 3.63. The molecule has 0 fully saturated rings. The third kappa shape index (κ3) is 2.69. The van der Waals surface area contributed by atoms with Crippen LogP contribution in [0, 0.1) is 24.4 Å². The van der Waals surface area contributed by atoms with E-state index in [1.54, 1.807) is 0 Å². The Morgan fingerprint density at radius 2 is 1.81 bits per heavy atom. The van der Waals surface area contributed by atoms with Gasteiger partial charge in [-0.25, -0.2) is 17.9 Å². The van der Waals surface area contributed by atoms with E-state index in [-0.39, 0.29) is 17.1 Å². The number of halogens is 3. The molecule has 4 nitrogen and oxygen atoms in total. The zero-order valence-corrected chi connectivity index (χ0v) is 11.6. The summed E-state index contributed by atoms with van der Waals surface area (Å²) in [6, 6.07) is 2.91. The average molecular weight is 298 g/mol. The molecule has 1 heterocycles. The topological polar surface area (TPSA) is 55.1 Å². The van der Waals surface area contributed by atoms with Gasteiger partial charge in [0.05, 0.1) is 0 Å². The van der Waals surface area contributed by atoms with Crippen LogP contribution in [-0.4, -0.2) is 14.9 Å². The number of aryl methyl sites for hydroxylation is 1. The fourth-order valence-corrected chi connectivity index (χ4v) is 1.89. The third-order valence-corrected chi connectivity index (χ3v) is 2.93. The molecule has 7 heteroatoms. The molecule has 2 aromatic rings. The van der Waals surface area contributed by atoms with Gasteiger partial charge in [-0.2, -0.15) is 5.10 Å². The molecule has 112 valence electrons. The van der Waals surface area contributed by atoms with E-state index in [2.05, 4.69) is 5.10 Å². The van der Waals surface area contributed by atoms with Crippen LogP contribution in [0.2, 0.25) is 0 Å². The summed E-state index contributed by atoms with van der Waals surface area (Å²) >= 11 is 0. The first kappa shape index (κ1) is 15.2. The molecule has 0 unspecified atom stereocenters. The predicted octanol–water partition coefficient (Wildman–Crippen LogP) is 2.19. The largest absolute Gasteiger partial charge is 0.384 e. The van der Waals surface area contributed by atoms with Gasteiger partial charge in [-0.3, -0.25) is 4.79 Å². The van der Waals surface area contributed by atoms with E-state index in [4.69, 9.17) is 0 Å². The van der Waals surface area contributed by atoms with Gasteiger partial charge in [0.15, 0.2) is 17.5 Å². The van der Waals surface area contributed by atoms with Gasteiger partial charge < -0.3 is 5.11 Å². The van der Waals surface area contributed by atoms with Crippen molar-refractivity contribution in [1.82, 2.24) is 9.78 Å². The van der Waals surface area contributed by atoms with Crippen LogP contribution in [0.15, 0.2) is 23.0 Å². The molecule has 0 aliphatic heterocycles. The van der Waals surface area contributed by atoms with Crippen LogP contribution in [0.25, 0.3) is 5.69 Å². The highest BCUT2D eigenvalue weighted by Crippen LogP contribution is 2.21. The van der Waals surface area contributed by atoms with Gasteiger partial charge in [-0.1, -0.05) is 0 Å². The van der Waals surface area contributed by atoms with Gasteiger partial charge in [0, 0.05) is 11.8 Å². The molecule has 2 rings (SSSR count). The fraction of sp³-hybridized carbons (Fsp3) is 0.286. The van der Waals surface area contributed by atoms with Crippen molar-refractivity contribution in [1.29, 1.82) is 0 Å². The predicted molar refractivity (Wildman–Crippen MR) is 69.7 cm³/mol. The lowest BCUT2D eigenvalue weighted by Gasteiger charge is -2.19. The summed E-state index contributed by atoms with van der Waals surface area (Å²) < 4.78 is 41.1. The van der Waals surface area contributed by atoms with Gasteiger partial charge >= 0.3 is 0 Å². The number of hydrogen-bond donors (Lipinski definition) is 1. The zero-order valence-electron chi connectivity index (χ0n) is 11.6. The van der Waals surface area contributed by atoms with Crippen molar-refractivity contribution in [2.24, 2.45) is 0 Å². The van der Waals surface area contributed by atoms with Crippen LogP contribution in [0.4, 0.5) is 13.2 Å². The number of aromatic nitrogens is 2. The lowest BCUT2D eigenvalue weighted by atomic mass is 10.0. The molecular formula is C14H13F3N2O2. The molecular weight excluding hydrogens is 285 g/mol. The molecule has 0 aliphatic rings. The third-order valence-electron chi connectivity index (χ3n) is 2.93. The summed E-state index contributed by atoms with van der Waals surface area (Å²) in [4.78, 5) is 11.8. The number of nitrogens with zero attached hydrogens (tertiary/aromatic N) is 2. The summed E-state index contributed by atoms with van der Waals surface area (Å²) in [7, 11) is 0. The van der Waals surface area contributed by atoms with E-state index in [1.807, 2.05) is 0 Å². The van der Waals surface area contributed by atoms with Crippen molar-refractivity contribution in [2.75, 3.05) is 0 Å². The molecule has 1 aromatic heterocycles.